The molecule has 0 unspecified atom stereocenters. The molecule has 0 aliphatic carbocycles. The average Bonchev–Trinajstić information content (AvgIpc) is 2.18. The standard InChI is InChI=1S/C13H16ClNO2/c1-13(2,3)17-12(16)9-15-8-10-4-6-11(14)7-5-10/h4-8H,9H2,1-3H3. The molecule has 0 saturated heterocycles. The Balaban J connectivity index is 2.45. The summed E-state index contributed by atoms with van der Waals surface area (Å²) in [5.41, 5.74) is 0.435. The molecule has 0 amide bonds. The predicted octanol–water partition coefficient (Wildman–Crippen LogP) is 3.10. The van der Waals surface area contributed by atoms with Gasteiger partial charge < -0.3 is 4.74 Å². The predicted molar refractivity (Wildman–Crippen MR) is 69.8 cm³/mol. The third kappa shape index (κ3) is 6.07. The third-order valence-electron chi connectivity index (χ3n) is 1.75. The normalized spacial score (nSPS) is 11.8. The molecule has 0 spiro atoms. The zero-order valence-electron chi connectivity index (χ0n) is 10.2. The van der Waals surface area contributed by atoms with Crippen molar-refractivity contribution in [1.29, 1.82) is 0 Å². The van der Waals surface area contributed by atoms with Crippen molar-refractivity contribution in [1.82, 2.24) is 0 Å². The molecule has 17 heavy (non-hydrogen) atoms. The van der Waals surface area contributed by atoms with Crippen molar-refractivity contribution >= 4 is 23.8 Å². The van der Waals surface area contributed by atoms with E-state index in [0.717, 1.165) is 5.56 Å². The van der Waals surface area contributed by atoms with Crippen molar-refractivity contribution in [3.05, 3.63) is 34.9 Å². The Labute approximate surface area is 106 Å². The maximum absolute atomic E-state index is 11.3. The Morgan fingerprint density at radius 3 is 2.47 bits per heavy atom. The van der Waals surface area contributed by atoms with Crippen molar-refractivity contribution < 1.29 is 9.53 Å². The second kappa shape index (κ2) is 5.82. The minimum Gasteiger partial charge on any atom is -0.459 e. The lowest BCUT2D eigenvalue weighted by Crippen LogP contribution is -2.25. The Bertz CT molecular complexity index is 404. The van der Waals surface area contributed by atoms with E-state index in [0.29, 0.717) is 5.02 Å². The zero-order valence-corrected chi connectivity index (χ0v) is 11.0. The summed E-state index contributed by atoms with van der Waals surface area (Å²) >= 11 is 5.75. The number of hydrogen-bond donors (Lipinski definition) is 0. The molecule has 1 aromatic carbocycles. The van der Waals surface area contributed by atoms with Crippen LogP contribution in [0, 0.1) is 0 Å². The molecule has 92 valence electrons. The Morgan fingerprint density at radius 2 is 1.94 bits per heavy atom. The summed E-state index contributed by atoms with van der Waals surface area (Å²) in [6, 6.07) is 7.22. The first-order valence-electron chi connectivity index (χ1n) is 5.34. The summed E-state index contributed by atoms with van der Waals surface area (Å²) in [4.78, 5) is 15.4. The van der Waals surface area contributed by atoms with Crippen LogP contribution in [0.25, 0.3) is 0 Å². The van der Waals surface area contributed by atoms with E-state index in [1.807, 2.05) is 32.9 Å². The second-order valence-corrected chi connectivity index (χ2v) is 5.04. The van der Waals surface area contributed by atoms with E-state index in [1.165, 1.54) is 0 Å². The largest absolute Gasteiger partial charge is 0.459 e. The third-order valence-corrected chi connectivity index (χ3v) is 2.00. The number of halogens is 1. The first-order valence-corrected chi connectivity index (χ1v) is 5.72. The molecule has 1 rings (SSSR count). The highest BCUT2D eigenvalue weighted by molar-refractivity contribution is 6.30. The van der Waals surface area contributed by atoms with E-state index in [-0.39, 0.29) is 12.5 Å². The quantitative estimate of drug-likeness (QED) is 0.613. The van der Waals surface area contributed by atoms with Crippen LogP contribution in [0.15, 0.2) is 29.3 Å². The van der Waals surface area contributed by atoms with Gasteiger partial charge in [0.1, 0.15) is 12.1 Å². The minimum atomic E-state index is -0.465. The first kappa shape index (κ1) is 13.7. The first-order chi connectivity index (χ1) is 7.87. The van der Waals surface area contributed by atoms with Crippen LogP contribution < -0.4 is 0 Å². The highest BCUT2D eigenvalue weighted by atomic mass is 35.5. The van der Waals surface area contributed by atoms with Gasteiger partial charge in [0.15, 0.2) is 0 Å². The van der Waals surface area contributed by atoms with Gasteiger partial charge in [0, 0.05) is 11.2 Å². The van der Waals surface area contributed by atoms with E-state index in [9.17, 15) is 4.79 Å². The average molecular weight is 254 g/mol. The van der Waals surface area contributed by atoms with Crippen LogP contribution in [-0.4, -0.2) is 24.3 Å². The van der Waals surface area contributed by atoms with Gasteiger partial charge in [-0.25, -0.2) is 0 Å². The van der Waals surface area contributed by atoms with Crippen LogP contribution in [0.5, 0.6) is 0 Å². The topological polar surface area (TPSA) is 38.7 Å². The zero-order chi connectivity index (χ0) is 12.9. The van der Waals surface area contributed by atoms with Gasteiger partial charge in [-0.3, -0.25) is 9.79 Å². The molecular weight excluding hydrogens is 238 g/mol. The van der Waals surface area contributed by atoms with Crippen LogP contribution >= 0.6 is 11.6 Å². The second-order valence-electron chi connectivity index (χ2n) is 4.61. The fraction of sp³-hybridized carbons (Fsp3) is 0.385. The van der Waals surface area contributed by atoms with Gasteiger partial charge in [-0.1, -0.05) is 23.7 Å². The van der Waals surface area contributed by atoms with Crippen molar-refractivity contribution in [2.24, 2.45) is 4.99 Å². The number of ether oxygens (including phenoxy) is 1. The summed E-state index contributed by atoms with van der Waals surface area (Å²) in [6.07, 6.45) is 1.63. The lowest BCUT2D eigenvalue weighted by Gasteiger charge is -2.18. The number of carbonyl (C=O) groups is 1. The van der Waals surface area contributed by atoms with Crippen LogP contribution in [0.4, 0.5) is 0 Å². The molecule has 0 aliphatic rings. The summed E-state index contributed by atoms with van der Waals surface area (Å²) in [6.45, 7) is 5.51. The van der Waals surface area contributed by atoms with Crippen molar-refractivity contribution in [3.8, 4) is 0 Å². The highest BCUT2D eigenvalue weighted by Gasteiger charge is 2.15. The van der Waals surface area contributed by atoms with Gasteiger partial charge in [0.2, 0.25) is 0 Å². The number of esters is 1. The Morgan fingerprint density at radius 1 is 1.35 bits per heavy atom. The van der Waals surface area contributed by atoms with E-state index in [1.54, 1.807) is 18.3 Å². The molecule has 0 aliphatic heterocycles. The summed E-state index contributed by atoms with van der Waals surface area (Å²) in [5, 5.41) is 0.675. The van der Waals surface area contributed by atoms with Gasteiger partial charge in [0.25, 0.3) is 0 Å². The number of benzene rings is 1. The van der Waals surface area contributed by atoms with E-state index in [4.69, 9.17) is 16.3 Å². The summed E-state index contributed by atoms with van der Waals surface area (Å²) in [7, 11) is 0. The number of hydrogen-bond acceptors (Lipinski definition) is 3. The van der Waals surface area contributed by atoms with Crippen molar-refractivity contribution in [3.63, 3.8) is 0 Å². The van der Waals surface area contributed by atoms with Gasteiger partial charge in [-0.2, -0.15) is 0 Å². The lowest BCUT2D eigenvalue weighted by atomic mass is 10.2. The lowest BCUT2D eigenvalue weighted by molar-refractivity contribution is -0.152. The van der Waals surface area contributed by atoms with Crippen LogP contribution in [0.3, 0.4) is 0 Å². The number of rotatable bonds is 3. The van der Waals surface area contributed by atoms with E-state index in [2.05, 4.69) is 4.99 Å². The maximum Gasteiger partial charge on any atom is 0.328 e. The minimum absolute atomic E-state index is 0.0277. The van der Waals surface area contributed by atoms with Gasteiger partial charge >= 0.3 is 5.97 Å². The molecule has 0 fully saturated rings. The Kier molecular flexibility index (Phi) is 4.70. The molecule has 0 N–H and O–H groups in total. The Hall–Kier alpha value is -1.35. The molecule has 4 heteroatoms. The van der Waals surface area contributed by atoms with Crippen LogP contribution in [-0.2, 0) is 9.53 Å². The molecule has 0 aromatic heterocycles. The van der Waals surface area contributed by atoms with Gasteiger partial charge in [-0.15, -0.1) is 0 Å². The smallest absolute Gasteiger partial charge is 0.328 e. The fourth-order valence-electron chi connectivity index (χ4n) is 1.15. The van der Waals surface area contributed by atoms with E-state index >= 15 is 0 Å². The van der Waals surface area contributed by atoms with Crippen LogP contribution in [0.1, 0.15) is 26.3 Å². The summed E-state index contributed by atoms with van der Waals surface area (Å²) in [5.74, 6) is -0.331. The van der Waals surface area contributed by atoms with Gasteiger partial charge in [-0.05, 0) is 38.5 Å². The molecule has 0 saturated carbocycles. The highest BCUT2D eigenvalue weighted by Crippen LogP contribution is 2.08. The molecule has 1 aromatic rings. The van der Waals surface area contributed by atoms with Gasteiger partial charge in [0.05, 0.1) is 0 Å². The number of aliphatic imine (C=N–C) groups is 1. The maximum atomic E-state index is 11.3. The molecule has 0 heterocycles. The SMILES string of the molecule is CC(C)(C)OC(=O)CN=Cc1ccc(Cl)cc1. The molecule has 0 radical (unpaired) electrons. The van der Waals surface area contributed by atoms with Crippen molar-refractivity contribution in [2.45, 2.75) is 26.4 Å². The molecule has 0 atom stereocenters. The monoisotopic (exact) mass is 253 g/mol. The molecule has 3 nitrogen and oxygen atoms in total. The molecular formula is C13H16ClNO2. The van der Waals surface area contributed by atoms with Crippen molar-refractivity contribution in [2.75, 3.05) is 6.54 Å². The fourth-order valence-corrected chi connectivity index (χ4v) is 1.27. The molecule has 0 bridgehead atoms. The summed E-state index contributed by atoms with van der Waals surface area (Å²) < 4.78 is 5.12. The number of nitrogens with zero attached hydrogens (tertiary/aromatic N) is 1. The van der Waals surface area contributed by atoms with E-state index < -0.39 is 5.60 Å². The number of carbonyl (C=O) groups excluding carboxylic acids is 1. The van der Waals surface area contributed by atoms with Crippen LogP contribution in [0.2, 0.25) is 5.02 Å².